The van der Waals surface area contributed by atoms with E-state index in [1.54, 1.807) is 37.0 Å². The SMILES string of the molecule is CC(C)(C)O.Cc1ncsc1-c1ccc(C[N+](=O)C2CCCN2C(=O)C(NC(=O)CCOCCOCCOCCNC(=O)OCC2c3ccccc3-c3ccccc32)C(C)(C)C)cc1. The van der Waals surface area contributed by atoms with Crippen LogP contribution < -0.4 is 10.6 Å². The first-order valence-corrected chi connectivity index (χ1v) is 23.0. The number of alkyl carbamates (subject to hydrolysis) is 1. The van der Waals surface area contributed by atoms with Crippen LogP contribution in [0.15, 0.2) is 78.3 Å². The Balaban J connectivity index is 0.00000146. The number of aliphatic hydroxyl groups is 1. The summed E-state index contributed by atoms with van der Waals surface area (Å²) < 4.78 is 23.3. The fourth-order valence-corrected chi connectivity index (χ4v) is 8.37. The van der Waals surface area contributed by atoms with E-state index in [-0.39, 0.29) is 43.9 Å². The number of carbonyl (C=O) groups is 3. The average molecular weight is 901 g/mol. The molecule has 1 aliphatic heterocycles. The van der Waals surface area contributed by atoms with Crippen molar-refractivity contribution in [2.75, 3.05) is 59.3 Å². The standard InChI is InChI=1S/C45H55N5O8S.C4H10O/c1-31-41(59-30-47-31)33-17-15-32(16-18-33)28-50(54)40-14-9-21-49(40)43(52)42(45(2,3)4)48-39(51)19-22-55-24-26-57-27-25-56-23-20-46-44(53)58-29-38-36-12-7-5-10-34(36)35-11-6-8-13-37(35)38;1-4(2,3)5/h5-8,10-13,15-18,30,38,40,42H,9,14,19-29H2,1-4H3,(H-,46,48,51,53);5H,1-3H3/p+1. The molecule has 4 aromatic rings. The van der Waals surface area contributed by atoms with Crippen molar-refractivity contribution in [2.24, 2.45) is 5.41 Å². The van der Waals surface area contributed by atoms with Crippen molar-refractivity contribution in [1.29, 1.82) is 0 Å². The van der Waals surface area contributed by atoms with Gasteiger partial charge in [-0.25, -0.2) is 9.78 Å². The van der Waals surface area contributed by atoms with Crippen LogP contribution in [0, 0.1) is 17.2 Å². The fraction of sp³-hybridized carbons (Fsp3) is 0.510. The zero-order valence-corrected chi connectivity index (χ0v) is 39.2. The number of likely N-dealkylation sites (tertiary alicyclic amines) is 1. The molecule has 1 aliphatic carbocycles. The second-order valence-corrected chi connectivity index (χ2v) is 18.9. The third kappa shape index (κ3) is 15.0. The zero-order valence-electron chi connectivity index (χ0n) is 38.4. The summed E-state index contributed by atoms with van der Waals surface area (Å²) >= 11 is 1.58. The van der Waals surface area contributed by atoms with Gasteiger partial charge in [0.1, 0.15) is 12.6 Å². The molecule has 15 heteroatoms. The number of nitroso groups, excluding NO2 is 1. The van der Waals surface area contributed by atoms with E-state index in [4.69, 9.17) is 24.1 Å². The van der Waals surface area contributed by atoms with Crippen molar-refractivity contribution >= 4 is 29.2 Å². The van der Waals surface area contributed by atoms with Gasteiger partial charge in [-0.1, -0.05) is 93.6 Å². The molecule has 1 fully saturated rings. The smallest absolute Gasteiger partial charge is 0.407 e. The lowest BCUT2D eigenvalue weighted by Crippen LogP contribution is -2.57. The van der Waals surface area contributed by atoms with E-state index >= 15 is 0 Å². The number of aryl methyl sites for hydroxylation is 1. The minimum absolute atomic E-state index is 0.00643. The summed E-state index contributed by atoms with van der Waals surface area (Å²) in [5, 5.41) is 14.2. The number of benzene rings is 3. The number of thiazole rings is 1. The van der Waals surface area contributed by atoms with Crippen LogP contribution in [0.3, 0.4) is 0 Å². The van der Waals surface area contributed by atoms with E-state index in [2.05, 4.69) is 39.9 Å². The highest BCUT2D eigenvalue weighted by atomic mass is 32.1. The molecule has 2 atom stereocenters. The summed E-state index contributed by atoms with van der Waals surface area (Å²) in [6, 6.07) is 23.5. The lowest BCUT2D eigenvalue weighted by molar-refractivity contribution is -0.617. The summed E-state index contributed by atoms with van der Waals surface area (Å²) in [7, 11) is 0. The van der Waals surface area contributed by atoms with Gasteiger partial charge in [0.2, 0.25) is 12.5 Å². The minimum atomic E-state index is -0.802. The Morgan fingerprint density at radius 3 is 2.02 bits per heavy atom. The van der Waals surface area contributed by atoms with Crippen LogP contribution in [0.5, 0.6) is 0 Å². The molecule has 1 saturated heterocycles. The third-order valence-electron chi connectivity index (χ3n) is 10.6. The molecule has 64 heavy (non-hydrogen) atoms. The van der Waals surface area contributed by atoms with Crippen molar-refractivity contribution in [2.45, 2.75) is 98.0 Å². The first-order chi connectivity index (χ1) is 30.5. The molecule has 0 bridgehead atoms. The summed E-state index contributed by atoms with van der Waals surface area (Å²) in [6.45, 7) is 15.9. The highest BCUT2D eigenvalue weighted by Gasteiger charge is 2.45. The molecular formula is C49H66N5O9S+. The monoisotopic (exact) mass is 900 g/mol. The highest BCUT2D eigenvalue weighted by Crippen LogP contribution is 2.44. The molecule has 3 N–H and O–H groups in total. The van der Waals surface area contributed by atoms with Crippen molar-refractivity contribution in [1.82, 2.24) is 20.5 Å². The number of nitrogens with zero attached hydrogens (tertiary/aromatic N) is 3. The number of hydrogen-bond donors (Lipinski definition) is 3. The molecule has 0 saturated carbocycles. The van der Waals surface area contributed by atoms with Gasteiger partial charge in [0.15, 0.2) is 0 Å². The van der Waals surface area contributed by atoms with Crippen LogP contribution in [0.2, 0.25) is 0 Å². The van der Waals surface area contributed by atoms with Crippen LogP contribution in [-0.2, 0) is 35.1 Å². The van der Waals surface area contributed by atoms with Crippen LogP contribution in [0.25, 0.3) is 21.6 Å². The summed E-state index contributed by atoms with van der Waals surface area (Å²) in [5.74, 6) is -0.549. The third-order valence-corrected chi connectivity index (χ3v) is 11.6. The van der Waals surface area contributed by atoms with Gasteiger partial charge in [-0.2, -0.15) is 0 Å². The molecule has 3 amide bonds. The van der Waals surface area contributed by atoms with Crippen LogP contribution >= 0.6 is 11.3 Å². The Kier molecular flexibility index (Phi) is 18.5. The van der Waals surface area contributed by atoms with Crippen LogP contribution in [-0.4, -0.2) is 115 Å². The van der Waals surface area contributed by atoms with Gasteiger partial charge in [0, 0.05) is 47.1 Å². The van der Waals surface area contributed by atoms with Crippen molar-refractivity contribution in [3.63, 3.8) is 0 Å². The van der Waals surface area contributed by atoms with Gasteiger partial charge in [0.05, 0.1) is 61.3 Å². The summed E-state index contributed by atoms with van der Waals surface area (Å²) in [5.41, 5.74) is 8.33. The maximum absolute atomic E-state index is 13.9. The number of carbonyl (C=O) groups excluding carboxylic acids is 3. The molecule has 0 radical (unpaired) electrons. The van der Waals surface area contributed by atoms with Gasteiger partial charge < -0.3 is 34.7 Å². The van der Waals surface area contributed by atoms with E-state index < -0.39 is 29.3 Å². The molecule has 6 rings (SSSR count). The second kappa shape index (κ2) is 23.7. The fourth-order valence-electron chi connectivity index (χ4n) is 7.56. The number of rotatable bonds is 20. The van der Waals surface area contributed by atoms with Gasteiger partial charge in [-0.15, -0.1) is 11.3 Å². The Bertz CT molecular complexity index is 2100. The maximum atomic E-state index is 13.9. The average Bonchev–Trinajstić information content (AvgIpc) is 3.99. The molecule has 2 unspecified atom stereocenters. The molecule has 1 aromatic heterocycles. The molecule has 346 valence electrons. The first kappa shape index (κ1) is 49.9. The highest BCUT2D eigenvalue weighted by molar-refractivity contribution is 7.13. The van der Waals surface area contributed by atoms with Crippen LogP contribution in [0.1, 0.15) is 89.1 Å². The lowest BCUT2D eigenvalue weighted by atomic mass is 9.85. The molecule has 2 heterocycles. The number of ether oxygens (including phenoxy) is 4. The zero-order chi connectivity index (χ0) is 46.3. The second-order valence-electron chi connectivity index (χ2n) is 18.1. The quantitative estimate of drug-likeness (QED) is 0.0593. The van der Waals surface area contributed by atoms with Gasteiger partial charge >= 0.3 is 6.09 Å². The van der Waals surface area contributed by atoms with Crippen LogP contribution in [0.4, 0.5) is 4.79 Å². The van der Waals surface area contributed by atoms with E-state index in [1.165, 1.54) is 11.1 Å². The molecule has 14 nitrogen and oxygen atoms in total. The van der Waals surface area contributed by atoms with Crippen molar-refractivity contribution in [3.05, 3.63) is 106 Å². The number of hydrogen-bond acceptors (Lipinski definition) is 11. The molecule has 2 aliphatic rings. The predicted molar refractivity (Wildman–Crippen MR) is 248 cm³/mol. The predicted octanol–water partition coefficient (Wildman–Crippen LogP) is 7.63. The van der Waals surface area contributed by atoms with Gasteiger partial charge in [-0.3, -0.25) is 14.5 Å². The Morgan fingerprint density at radius 2 is 1.44 bits per heavy atom. The first-order valence-electron chi connectivity index (χ1n) is 22.1. The topological polar surface area (TPSA) is 169 Å². The van der Waals surface area contributed by atoms with Crippen molar-refractivity contribution < 1.29 is 43.2 Å². The van der Waals surface area contributed by atoms with Crippen molar-refractivity contribution in [3.8, 4) is 21.6 Å². The van der Waals surface area contributed by atoms with E-state index in [0.29, 0.717) is 59.0 Å². The molecular weight excluding hydrogens is 835 g/mol. The van der Waals surface area contributed by atoms with E-state index in [0.717, 1.165) is 37.6 Å². The normalized spacial score (nSPS) is 15.1. The maximum Gasteiger partial charge on any atom is 0.407 e. The molecule has 0 spiro atoms. The van der Waals surface area contributed by atoms with E-state index in [1.807, 2.05) is 81.7 Å². The lowest BCUT2D eigenvalue weighted by Gasteiger charge is -2.33. The largest absolute Gasteiger partial charge is 0.449 e. The Hall–Kier alpha value is -5.06. The van der Waals surface area contributed by atoms with E-state index in [9.17, 15) is 19.3 Å². The number of fused-ring (bicyclic) bond motifs is 3. The number of nitrogens with one attached hydrogen (secondary N) is 2. The Morgan fingerprint density at radius 1 is 0.859 bits per heavy atom. The van der Waals surface area contributed by atoms with Gasteiger partial charge in [-0.05, 0) is 67.3 Å². The summed E-state index contributed by atoms with van der Waals surface area (Å²) in [4.78, 5) is 59.7. The number of amides is 3. The molecule has 3 aromatic carbocycles. The number of aromatic nitrogens is 1. The van der Waals surface area contributed by atoms with Gasteiger partial charge in [0.25, 0.3) is 12.1 Å². The minimum Gasteiger partial charge on any atom is -0.449 e. The summed E-state index contributed by atoms with van der Waals surface area (Å²) in [6.07, 6.45) is 0.273. The Labute approximate surface area is 381 Å².